The smallest absolute Gasteiger partial charge is 0.326 e. The number of carbonyl (C=O) groups excluding carboxylic acids is 3. The van der Waals surface area contributed by atoms with Gasteiger partial charge in [-0.25, -0.2) is 9.78 Å². The summed E-state index contributed by atoms with van der Waals surface area (Å²) < 4.78 is 0. The summed E-state index contributed by atoms with van der Waals surface area (Å²) in [5.74, 6) is -3.63. The van der Waals surface area contributed by atoms with E-state index < -0.39 is 41.8 Å². The van der Waals surface area contributed by atoms with Gasteiger partial charge in [0.15, 0.2) is 0 Å². The van der Waals surface area contributed by atoms with Crippen molar-refractivity contribution in [3.8, 4) is 0 Å². The SMILES string of the molecule is NC(=O)CC(N)C(=O)NC(CS)C(=O)NC(Cc1cnc[nH]1)C(=O)O. The zero-order valence-corrected chi connectivity index (χ0v) is 14.0. The third kappa shape index (κ3) is 6.81. The Bertz CT molecular complexity index is 622. The fraction of sp³-hybridized carbons (Fsp3) is 0.462. The average Bonchev–Trinajstić information content (AvgIpc) is 3.03. The van der Waals surface area contributed by atoms with Crippen LogP contribution in [0.4, 0.5) is 0 Å². The lowest BCUT2D eigenvalue weighted by molar-refractivity contribution is -0.142. The summed E-state index contributed by atoms with van der Waals surface area (Å²) >= 11 is 3.96. The van der Waals surface area contributed by atoms with E-state index in [9.17, 15) is 24.3 Å². The number of nitrogens with two attached hydrogens (primary N) is 2. The monoisotopic (exact) mass is 372 g/mol. The molecule has 0 saturated carbocycles. The third-order valence-electron chi connectivity index (χ3n) is 3.17. The maximum Gasteiger partial charge on any atom is 0.326 e. The first kappa shape index (κ1) is 20.4. The van der Waals surface area contributed by atoms with Crippen LogP contribution >= 0.6 is 12.6 Å². The van der Waals surface area contributed by atoms with E-state index in [0.717, 1.165) is 0 Å². The quantitative estimate of drug-likeness (QED) is 0.215. The topological polar surface area (TPSA) is 193 Å². The van der Waals surface area contributed by atoms with Crippen LogP contribution in [-0.2, 0) is 25.6 Å². The van der Waals surface area contributed by atoms with Gasteiger partial charge in [0.25, 0.3) is 0 Å². The first-order chi connectivity index (χ1) is 11.7. The van der Waals surface area contributed by atoms with Gasteiger partial charge in [0, 0.05) is 24.1 Å². The van der Waals surface area contributed by atoms with E-state index in [0.29, 0.717) is 5.69 Å². The van der Waals surface area contributed by atoms with Gasteiger partial charge in [-0.05, 0) is 0 Å². The molecule has 12 heteroatoms. The molecule has 0 aliphatic carbocycles. The summed E-state index contributed by atoms with van der Waals surface area (Å²) in [7, 11) is 0. The highest BCUT2D eigenvalue weighted by Crippen LogP contribution is 2.01. The minimum Gasteiger partial charge on any atom is -0.480 e. The second-order valence-electron chi connectivity index (χ2n) is 5.20. The number of carboxylic acid groups (broad SMARTS) is 1. The van der Waals surface area contributed by atoms with Gasteiger partial charge in [-0.3, -0.25) is 14.4 Å². The van der Waals surface area contributed by atoms with Crippen LogP contribution in [0, 0.1) is 0 Å². The van der Waals surface area contributed by atoms with Crippen molar-refractivity contribution in [3.63, 3.8) is 0 Å². The largest absolute Gasteiger partial charge is 0.480 e. The molecule has 0 saturated heterocycles. The van der Waals surface area contributed by atoms with Crippen LogP contribution in [-0.4, -0.2) is 62.6 Å². The van der Waals surface area contributed by atoms with Crippen molar-refractivity contribution in [1.29, 1.82) is 0 Å². The van der Waals surface area contributed by atoms with E-state index in [2.05, 4.69) is 33.2 Å². The van der Waals surface area contributed by atoms with Crippen LogP contribution in [0.15, 0.2) is 12.5 Å². The Morgan fingerprint density at radius 3 is 2.36 bits per heavy atom. The number of aliphatic carboxylic acids is 1. The second kappa shape index (κ2) is 9.64. The fourth-order valence-electron chi connectivity index (χ4n) is 1.87. The van der Waals surface area contributed by atoms with Crippen molar-refractivity contribution in [2.75, 3.05) is 5.75 Å². The predicted molar refractivity (Wildman–Crippen MR) is 89.4 cm³/mol. The van der Waals surface area contributed by atoms with Crippen molar-refractivity contribution in [2.45, 2.75) is 31.0 Å². The van der Waals surface area contributed by atoms with Crippen LogP contribution in [0.1, 0.15) is 12.1 Å². The number of imidazole rings is 1. The first-order valence-electron chi connectivity index (χ1n) is 7.20. The molecule has 1 heterocycles. The summed E-state index contributed by atoms with van der Waals surface area (Å²) in [6, 6.07) is -3.57. The van der Waals surface area contributed by atoms with Gasteiger partial charge < -0.3 is 32.2 Å². The Morgan fingerprint density at radius 1 is 1.24 bits per heavy atom. The molecule has 0 aromatic carbocycles. The van der Waals surface area contributed by atoms with Crippen LogP contribution in [0.5, 0.6) is 0 Å². The highest BCUT2D eigenvalue weighted by molar-refractivity contribution is 7.80. The summed E-state index contributed by atoms with van der Waals surface area (Å²) in [4.78, 5) is 52.6. The maximum absolute atomic E-state index is 12.2. The standard InChI is InChI=1S/C13H20N6O5S/c14-7(2-10(15)20)11(21)19-9(4-25)12(22)18-8(13(23)24)1-6-3-16-5-17-6/h3,5,7-9,25H,1-2,4,14H2,(H2,15,20)(H,16,17)(H,18,22)(H,19,21)(H,23,24). The summed E-state index contributed by atoms with van der Waals surface area (Å²) in [6.07, 6.45) is 2.41. The summed E-state index contributed by atoms with van der Waals surface area (Å²) in [5, 5.41) is 13.8. The lowest BCUT2D eigenvalue weighted by Crippen LogP contribution is -2.56. The van der Waals surface area contributed by atoms with Gasteiger partial charge >= 0.3 is 5.97 Å². The highest BCUT2D eigenvalue weighted by Gasteiger charge is 2.28. The number of hydrogen-bond acceptors (Lipinski definition) is 7. The van der Waals surface area contributed by atoms with Crippen LogP contribution in [0.25, 0.3) is 0 Å². The molecule has 0 fully saturated rings. The van der Waals surface area contributed by atoms with E-state index in [1.165, 1.54) is 12.5 Å². The molecule has 138 valence electrons. The number of thiol groups is 1. The number of nitrogens with one attached hydrogen (secondary N) is 3. The minimum absolute atomic E-state index is 0.0184. The number of rotatable bonds is 10. The molecule has 11 nitrogen and oxygen atoms in total. The number of H-pyrrole nitrogens is 1. The Morgan fingerprint density at radius 2 is 1.88 bits per heavy atom. The zero-order valence-electron chi connectivity index (χ0n) is 13.1. The maximum atomic E-state index is 12.2. The number of aromatic nitrogens is 2. The second-order valence-corrected chi connectivity index (χ2v) is 5.57. The fourth-order valence-corrected chi connectivity index (χ4v) is 2.13. The Balaban J connectivity index is 2.68. The summed E-state index contributed by atoms with van der Waals surface area (Å²) in [6.45, 7) is 0. The molecular weight excluding hydrogens is 352 g/mol. The van der Waals surface area contributed by atoms with Gasteiger partial charge in [-0.1, -0.05) is 0 Å². The molecule has 8 N–H and O–H groups in total. The van der Waals surface area contributed by atoms with Gasteiger partial charge in [0.1, 0.15) is 12.1 Å². The van der Waals surface area contributed by atoms with E-state index in [1.54, 1.807) is 0 Å². The number of amides is 3. The molecular formula is C13H20N6O5S. The van der Waals surface area contributed by atoms with Gasteiger partial charge in [-0.15, -0.1) is 0 Å². The zero-order chi connectivity index (χ0) is 19.0. The number of nitrogens with zero attached hydrogens (tertiary/aromatic N) is 1. The van der Waals surface area contributed by atoms with E-state index >= 15 is 0 Å². The van der Waals surface area contributed by atoms with E-state index in [-0.39, 0.29) is 18.6 Å². The normalized spacial score (nSPS) is 14.2. The highest BCUT2D eigenvalue weighted by atomic mass is 32.1. The Kier molecular flexibility index (Phi) is 7.88. The molecule has 3 amide bonds. The lowest BCUT2D eigenvalue weighted by atomic mass is 10.1. The number of primary amides is 1. The van der Waals surface area contributed by atoms with Crippen molar-refractivity contribution in [1.82, 2.24) is 20.6 Å². The number of aromatic amines is 1. The predicted octanol–water partition coefficient (Wildman–Crippen LogP) is -2.86. The van der Waals surface area contributed by atoms with Crippen molar-refractivity contribution < 1.29 is 24.3 Å². The third-order valence-corrected chi connectivity index (χ3v) is 3.53. The molecule has 0 aliphatic heterocycles. The molecule has 25 heavy (non-hydrogen) atoms. The van der Waals surface area contributed by atoms with Crippen molar-refractivity contribution >= 4 is 36.3 Å². The average molecular weight is 372 g/mol. The number of hydrogen-bond donors (Lipinski definition) is 7. The minimum atomic E-state index is -1.25. The number of carboxylic acids is 1. The van der Waals surface area contributed by atoms with Gasteiger partial charge in [0.05, 0.1) is 18.8 Å². The lowest BCUT2D eigenvalue weighted by Gasteiger charge is -2.21. The Hall–Kier alpha value is -2.60. The van der Waals surface area contributed by atoms with E-state index in [4.69, 9.17) is 11.5 Å². The molecule has 0 radical (unpaired) electrons. The Labute approximate surface area is 148 Å². The van der Waals surface area contributed by atoms with Crippen LogP contribution in [0.2, 0.25) is 0 Å². The number of carbonyl (C=O) groups is 4. The van der Waals surface area contributed by atoms with Crippen LogP contribution < -0.4 is 22.1 Å². The van der Waals surface area contributed by atoms with Crippen LogP contribution in [0.3, 0.4) is 0 Å². The molecule has 3 atom stereocenters. The van der Waals surface area contributed by atoms with Crippen molar-refractivity contribution in [2.24, 2.45) is 11.5 Å². The molecule has 0 spiro atoms. The molecule has 1 aromatic heterocycles. The molecule has 1 aromatic rings. The van der Waals surface area contributed by atoms with Crippen molar-refractivity contribution in [3.05, 3.63) is 18.2 Å². The molecule has 1 rings (SSSR count). The van der Waals surface area contributed by atoms with E-state index in [1.807, 2.05) is 0 Å². The van der Waals surface area contributed by atoms with Gasteiger partial charge in [0.2, 0.25) is 17.7 Å². The molecule has 0 bridgehead atoms. The molecule has 3 unspecified atom stereocenters. The molecule has 0 aliphatic rings. The van der Waals surface area contributed by atoms with Gasteiger partial charge in [-0.2, -0.15) is 12.6 Å². The first-order valence-corrected chi connectivity index (χ1v) is 7.83. The summed E-state index contributed by atoms with van der Waals surface area (Å²) in [5.41, 5.74) is 11.0.